The molecule has 0 radical (unpaired) electrons. The number of sulfonamides is 1. The van der Waals surface area contributed by atoms with Crippen molar-refractivity contribution in [3.05, 3.63) is 22.7 Å². The molecule has 0 bridgehead atoms. The van der Waals surface area contributed by atoms with Gasteiger partial charge in [0.1, 0.15) is 0 Å². The van der Waals surface area contributed by atoms with Crippen molar-refractivity contribution in [1.29, 1.82) is 0 Å². The van der Waals surface area contributed by atoms with Crippen molar-refractivity contribution < 1.29 is 17.7 Å². The third-order valence-corrected chi connectivity index (χ3v) is 3.84. The highest BCUT2D eigenvalue weighted by atomic mass is 35.5. The summed E-state index contributed by atoms with van der Waals surface area (Å²) in [6.07, 6.45) is 0. The topological polar surface area (TPSA) is 105 Å². The van der Waals surface area contributed by atoms with Crippen molar-refractivity contribution in [2.75, 3.05) is 0 Å². The van der Waals surface area contributed by atoms with E-state index in [0.29, 0.717) is 27.5 Å². The van der Waals surface area contributed by atoms with E-state index in [-0.39, 0.29) is 4.90 Å². The molecule has 6 nitrogen and oxygen atoms in total. The average molecular weight is 285 g/mol. The third kappa shape index (κ3) is 3.32. The van der Waals surface area contributed by atoms with E-state index in [9.17, 15) is 8.42 Å². The van der Waals surface area contributed by atoms with E-state index in [0.717, 1.165) is 0 Å². The molecule has 1 rings (SSSR count). The normalized spacial score (nSPS) is 11.8. The fraction of sp³-hybridized carbons (Fsp3) is 0.143. The number of aryl methyl sites for hydroxylation is 1. The van der Waals surface area contributed by atoms with Gasteiger partial charge in [0, 0.05) is 0 Å². The molecular formula is C7H9ClN2O4S2. The molecule has 0 heterocycles. The number of benzene rings is 1. The van der Waals surface area contributed by atoms with Gasteiger partial charge in [-0.2, -0.15) is 5.90 Å². The molecule has 0 fully saturated rings. The molecule has 16 heavy (non-hydrogen) atoms. The van der Waals surface area contributed by atoms with Crippen LogP contribution in [0, 0.1) is 6.92 Å². The average Bonchev–Trinajstić information content (AvgIpc) is 2.14. The Morgan fingerprint density at radius 3 is 2.56 bits per heavy atom. The number of hydrogen-bond donors (Lipinski definition) is 2. The van der Waals surface area contributed by atoms with Crippen LogP contribution in [0.15, 0.2) is 21.9 Å². The maximum atomic E-state index is 11.2. The van der Waals surface area contributed by atoms with Crippen LogP contribution in [0.2, 0.25) is 5.02 Å². The Balaban J connectivity index is 3.22. The highest BCUT2D eigenvalue weighted by Crippen LogP contribution is 2.31. The van der Waals surface area contributed by atoms with E-state index in [1.54, 1.807) is 6.92 Å². The number of primary sulfonamides is 1. The smallest absolute Gasteiger partial charge is 0.225 e. The van der Waals surface area contributed by atoms with Crippen molar-refractivity contribution in [3.8, 4) is 0 Å². The molecule has 0 aliphatic heterocycles. The predicted octanol–water partition coefficient (Wildman–Crippen LogP) is 1.12. The first-order chi connectivity index (χ1) is 7.36. The molecule has 0 amide bonds. The number of halogens is 1. The Kier molecular flexibility index (Phi) is 4.56. The van der Waals surface area contributed by atoms with Crippen molar-refractivity contribution in [2.45, 2.75) is 16.7 Å². The molecule has 1 aromatic rings. The summed E-state index contributed by atoms with van der Waals surface area (Å²) in [5.41, 5.74) is 0.450. The lowest BCUT2D eigenvalue weighted by Crippen LogP contribution is -2.13. The zero-order valence-corrected chi connectivity index (χ0v) is 10.5. The van der Waals surface area contributed by atoms with Gasteiger partial charge in [-0.15, -0.1) is 9.32 Å². The van der Waals surface area contributed by atoms with Gasteiger partial charge in [-0.05, 0) is 24.6 Å². The van der Waals surface area contributed by atoms with Crippen molar-refractivity contribution in [1.82, 2.24) is 0 Å². The van der Waals surface area contributed by atoms with Gasteiger partial charge in [0.2, 0.25) is 10.0 Å². The molecule has 0 aliphatic rings. The minimum absolute atomic E-state index is 0.0278. The molecule has 0 aromatic heterocycles. The molecule has 0 spiro atoms. The van der Waals surface area contributed by atoms with Crippen LogP contribution in [0.1, 0.15) is 5.56 Å². The van der Waals surface area contributed by atoms with Crippen LogP contribution in [-0.2, 0) is 19.3 Å². The molecule has 0 saturated heterocycles. The molecule has 0 atom stereocenters. The van der Waals surface area contributed by atoms with Crippen LogP contribution >= 0.6 is 23.6 Å². The molecule has 90 valence electrons. The quantitative estimate of drug-likeness (QED) is 0.488. The summed E-state index contributed by atoms with van der Waals surface area (Å²) in [6, 6.07) is 2.75. The van der Waals surface area contributed by atoms with Gasteiger partial charge in [0.05, 0.1) is 26.9 Å². The maximum Gasteiger partial charge on any atom is 0.238 e. The highest BCUT2D eigenvalue weighted by molar-refractivity contribution is 7.94. The maximum absolute atomic E-state index is 11.2. The molecule has 0 unspecified atom stereocenters. The summed E-state index contributed by atoms with van der Waals surface area (Å²) >= 11 is 6.54. The largest absolute Gasteiger partial charge is 0.238 e. The first-order valence-electron chi connectivity index (χ1n) is 3.89. The zero-order chi connectivity index (χ0) is 12.3. The van der Waals surface area contributed by atoms with Gasteiger partial charge in [-0.25, -0.2) is 13.6 Å². The summed E-state index contributed by atoms with van der Waals surface area (Å²) in [4.78, 5) is 4.19. The van der Waals surface area contributed by atoms with E-state index in [1.165, 1.54) is 12.1 Å². The molecule has 1 aromatic carbocycles. The standard InChI is InChI=1S/C7H9ClN2O4S2/c1-4-2-5(8)6(15-14-13-9)3-7(4)16(10,11)12/h2-3H,9H2,1H3,(H2,10,11,12). The van der Waals surface area contributed by atoms with E-state index in [2.05, 4.69) is 15.2 Å². The molecule has 0 aliphatic carbocycles. The summed E-state index contributed by atoms with van der Waals surface area (Å²) in [6.45, 7) is 1.58. The SMILES string of the molecule is Cc1cc(Cl)c(SOON)cc1S(N)(=O)=O. The Labute approximate surface area is 102 Å². The van der Waals surface area contributed by atoms with Gasteiger partial charge in [-0.3, -0.25) is 0 Å². The summed E-state index contributed by atoms with van der Waals surface area (Å²) < 4.78 is 26.8. The molecular weight excluding hydrogens is 276 g/mol. The minimum atomic E-state index is -3.80. The van der Waals surface area contributed by atoms with Crippen LogP contribution < -0.4 is 11.0 Å². The van der Waals surface area contributed by atoms with Crippen molar-refractivity contribution in [2.24, 2.45) is 11.0 Å². The van der Waals surface area contributed by atoms with E-state index in [1.807, 2.05) is 0 Å². The number of nitrogens with two attached hydrogens (primary N) is 2. The minimum Gasteiger partial charge on any atom is -0.225 e. The zero-order valence-electron chi connectivity index (χ0n) is 8.14. The van der Waals surface area contributed by atoms with Crippen molar-refractivity contribution >= 4 is 33.7 Å². The summed E-state index contributed by atoms with van der Waals surface area (Å²) in [5.74, 6) is 4.65. The number of hydrogen-bond acceptors (Lipinski definition) is 6. The first kappa shape index (κ1) is 13.7. The van der Waals surface area contributed by atoms with Gasteiger partial charge in [0.15, 0.2) is 0 Å². The fourth-order valence-corrected chi connectivity index (χ4v) is 2.66. The van der Waals surface area contributed by atoms with Gasteiger partial charge >= 0.3 is 0 Å². The second-order valence-electron chi connectivity index (χ2n) is 2.84. The third-order valence-electron chi connectivity index (χ3n) is 1.70. The number of rotatable bonds is 4. The van der Waals surface area contributed by atoms with Gasteiger partial charge in [0.25, 0.3) is 0 Å². The molecule has 0 saturated carbocycles. The Morgan fingerprint density at radius 2 is 2.06 bits per heavy atom. The fourth-order valence-electron chi connectivity index (χ4n) is 1.06. The Bertz CT molecular complexity index is 491. The van der Waals surface area contributed by atoms with E-state index in [4.69, 9.17) is 16.7 Å². The van der Waals surface area contributed by atoms with Crippen LogP contribution in [0.4, 0.5) is 0 Å². The van der Waals surface area contributed by atoms with E-state index < -0.39 is 10.0 Å². The van der Waals surface area contributed by atoms with Crippen LogP contribution in [0.25, 0.3) is 0 Å². The van der Waals surface area contributed by atoms with E-state index >= 15 is 0 Å². The predicted molar refractivity (Wildman–Crippen MR) is 59.8 cm³/mol. The second kappa shape index (κ2) is 5.32. The lowest BCUT2D eigenvalue weighted by molar-refractivity contribution is -0.195. The molecule has 4 N–H and O–H groups in total. The summed E-state index contributed by atoms with van der Waals surface area (Å²) in [7, 11) is -3.80. The van der Waals surface area contributed by atoms with Crippen LogP contribution in [0.5, 0.6) is 0 Å². The van der Waals surface area contributed by atoms with Gasteiger partial charge in [-0.1, -0.05) is 11.6 Å². The Hall–Kier alpha value is -0.350. The van der Waals surface area contributed by atoms with Gasteiger partial charge < -0.3 is 0 Å². The molecule has 9 heteroatoms. The van der Waals surface area contributed by atoms with Crippen molar-refractivity contribution in [3.63, 3.8) is 0 Å². The Morgan fingerprint density at radius 1 is 1.44 bits per heavy atom. The lowest BCUT2D eigenvalue weighted by atomic mass is 10.2. The second-order valence-corrected chi connectivity index (χ2v) is 5.52. The van der Waals surface area contributed by atoms with Crippen LogP contribution in [-0.4, -0.2) is 8.42 Å². The first-order valence-corrected chi connectivity index (χ1v) is 6.56. The monoisotopic (exact) mass is 284 g/mol. The summed E-state index contributed by atoms with van der Waals surface area (Å²) in [5, 5.41) is 5.34. The van der Waals surface area contributed by atoms with Crippen LogP contribution in [0.3, 0.4) is 0 Å². The lowest BCUT2D eigenvalue weighted by Gasteiger charge is -2.07. The highest BCUT2D eigenvalue weighted by Gasteiger charge is 2.15.